The molecule has 0 radical (unpaired) electrons. The van der Waals surface area contributed by atoms with E-state index in [9.17, 15) is 15.3 Å². The Hall–Kier alpha value is -1.38. The molecule has 1 aromatic rings. The van der Waals surface area contributed by atoms with Crippen LogP contribution in [0.1, 0.15) is 18.4 Å². The Morgan fingerprint density at radius 2 is 1.85 bits per heavy atom. The van der Waals surface area contributed by atoms with Crippen molar-refractivity contribution in [2.75, 3.05) is 46.4 Å². The zero-order valence-electron chi connectivity index (χ0n) is 15.4. The Bertz CT molecular complexity index is 571. The summed E-state index contributed by atoms with van der Waals surface area (Å²) >= 11 is 0. The Balaban J connectivity index is 1.52. The first-order valence-corrected chi connectivity index (χ1v) is 9.32. The van der Waals surface area contributed by atoms with Crippen molar-refractivity contribution in [1.29, 1.82) is 0 Å². The molecule has 2 heterocycles. The van der Waals surface area contributed by atoms with Crippen LogP contribution in [0, 0.1) is 0 Å². The minimum Gasteiger partial charge on any atom is -0.497 e. The predicted molar refractivity (Wildman–Crippen MR) is 97.5 cm³/mol. The third-order valence-electron chi connectivity index (χ3n) is 5.06. The molecule has 1 atom stereocenters. The Morgan fingerprint density at radius 1 is 1.12 bits per heavy atom. The lowest BCUT2D eigenvalue weighted by atomic mass is 10.1. The van der Waals surface area contributed by atoms with Crippen molar-refractivity contribution in [3.63, 3.8) is 0 Å². The van der Waals surface area contributed by atoms with Crippen LogP contribution in [0.25, 0.3) is 0 Å². The van der Waals surface area contributed by atoms with E-state index in [1.165, 1.54) is 0 Å². The maximum absolute atomic E-state index is 10.3. The number of hydrogen-bond acceptors (Lipinski definition) is 7. The molecule has 0 spiro atoms. The first-order chi connectivity index (χ1) is 12.5. The number of rotatable bonds is 8. The number of aliphatic hydroxyl groups is 3. The van der Waals surface area contributed by atoms with Gasteiger partial charge in [-0.15, -0.1) is 0 Å². The van der Waals surface area contributed by atoms with Gasteiger partial charge in [0.15, 0.2) is 0 Å². The molecule has 0 amide bonds. The SMILES string of the molecule is COc1ccc(OC[C@@H](O)CN2CCC(O)CC2)c(CN2CC(O)C2)c1. The quantitative estimate of drug-likeness (QED) is 0.600. The highest BCUT2D eigenvalue weighted by atomic mass is 16.5. The monoisotopic (exact) mass is 366 g/mol. The fourth-order valence-electron chi connectivity index (χ4n) is 3.50. The summed E-state index contributed by atoms with van der Waals surface area (Å²) in [5.41, 5.74) is 0.990. The molecule has 0 bridgehead atoms. The normalized spacial score (nSPS) is 21.4. The molecule has 0 aliphatic carbocycles. The standard InChI is InChI=1S/C19H30N2O5/c1-25-18-2-3-19(14(8-18)9-21-10-16(23)11-21)26-13-17(24)12-20-6-4-15(22)5-7-20/h2-3,8,15-17,22-24H,4-7,9-13H2,1H3/t17-/m0/s1. The summed E-state index contributed by atoms with van der Waals surface area (Å²) in [6.07, 6.45) is 0.498. The van der Waals surface area contributed by atoms with Crippen molar-refractivity contribution in [3.8, 4) is 11.5 Å². The van der Waals surface area contributed by atoms with E-state index in [1.54, 1.807) is 7.11 Å². The third kappa shape index (κ3) is 5.31. The summed E-state index contributed by atoms with van der Waals surface area (Å²) < 4.78 is 11.2. The van der Waals surface area contributed by atoms with E-state index >= 15 is 0 Å². The second kappa shape index (κ2) is 9.01. The van der Waals surface area contributed by atoms with Gasteiger partial charge < -0.3 is 29.7 Å². The summed E-state index contributed by atoms with van der Waals surface area (Å²) in [5.74, 6) is 1.50. The smallest absolute Gasteiger partial charge is 0.124 e. The van der Waals surface area contributed by atoms with Crippen molar-refractivity contribution < 1.29 is 24.8 Å². The molecular formula is C19H30N2O5. The Morgan fingerprint density at radius 3 is 2.50 bits per heavy atom. The molecule has 0 aromatic heterocycles. The van der Waals surface area contributed by atoms with E-state index in [-0.39, 0.29) is 18.8 Å². The molecule has 3 N–H and O–H groups in total. The number of hydrogen-bond donors (Lipinski definition) is 3. The van der Waals surface area contributed by atoms with Crippen molar-refractivity contribution in [3.05, 3.63) is 23.8 Å². The second-order valence-corrected chi connectivity index (χ2v) is 7.32. The van der Waals surface area contributed by atoms with E-state index < -0.39 is 6.10 Å². The number of aliphatic hydroxyl groups excluding tert-OH is 3. The molecule has 2 aliphatic rings. The Kier molecular flexibility index (Phi) is 6.72. The first kappa shape index (κ1) is 19.4. The van der Waals surface area contributed by atoms with Crippen molar-refractivity contribution in [1.82, 2.24) is 9.80 Å². The van der Waals surface area contributed by atoms with Gasteiger partial charge in [-0.3, -0.25) is 4.90 Å². The van der Waals surface area contributed by atoms with Crippen LogP contribution < -0.4 is 9.47 Å². The van der Waals surface area contributed by atoms with E-state index in [4.69, 9.17) is 9.47 Å². The maximum Gasteiger partial charge on any atom is 0.124 e. The topological polar surface area (TPSA) is 85.6 Å². The number of likely N-dealkylation sites (tertiary alicyclic amines) is 2. The molecule has 0 saturated carbocycles. The van der Waals surface area contributed by atoms with Crippen LogP contribution in [-0.2, 0) is 6.54 Å². The van der Waals surface area contributed by atoms with E-state index in [0.29, 0.717) is 26.2 Å². The van der Waals surface area contributed by atoms with Gasteiger partial charge in [0.25, 0.3) is 0 Å². The van der Waals surface area contributed by atoms with Gasteiger partial charge in [0.05, 0.1) is 19.3 Å². The predicted octanol–water partition coefficient (Wildman–Crippen LogP) is 0.0681. The van der Waals surface area contributed by atoms with Gasteiger partial charge in [-0.1, -0.05) is 0 Å². The molecule has 0 unspecified atom stereocenters. The van der Waals surface area contributed by atoms with Crippen LogP contribution in [0.2, 0.25) is 0 Å². The van der Waals surface area contributed by atoms with E-state index in [1.807, 2.05) is 18.2 Å². The fraction of sp³-hybridized carbons (Fsp3) is 0.684. The number of ether oxygens (including phenoxy) is 2. The van der Waals surface area contributed by atoms with Gasteiger partial charge in [0.2, 0.25) is 0 Å². The molecule has 1 aromatic carbocycles. The van der Waals surface area contributed by atoms with Gasteiger partial charge in [-0.2, -0.15) is 0 Å². The second-order valence-electron chi connectivity index (χ2n) is 7.32. The number of piperidine rings is 1. The molecule has 2 fully saturated rings. The van der Waals surface area contributed by atoms with E-state index in [0.717, 1.165) is 43.0 Å². The zero-order valence-corrected chi connectivity index (χ0v) is 15.4. The number of nitrogens with zero attached hydrogens (tertiary/aromatic N) is 2. The van der Waals surface area contributed by atoms with Crippen molar-refractivity contribution in [2.24, 2.45) is 0 Å². The lowest BCUT2D eigenvalue weighted by Gasteiger charge is -2.36. The van der Waals surface area contributed by atoms with Gasteiger partial charge in [0.1, 0.15) is 24.2 Å². The van der Waals surface area contributed by atoms with Crippen LogP contribution in [0.15, 0.2) is 18.2 Å². The summed E-state index contributed by atoms with van der Waals surface area (Å²) in [4.78, 5) is 4.30. The summed E-state index contributed by atoms with van der Waals surface area (Å²) in [6.45, 7) is 4.41. The van der Waals surface area contributed by atoms with Crippen molar-refractivity contribution >= 4 is 0 Å². The highest BCUT2D eigenvalue weighted by Gasteiger charge is 2.25. The number of methoxy groups -OCH3 is 1. The lowest BCUT2D eigenvalue weighted by molar-refractivity contribution is -0.00371. The Labute approximate surface area is 154 Å². The molecule has 3 rings (SSSR count). The summed E-state index contributed by atoms with van der Waals surface area (Å²) in [5, 5.41) is 29.3. The summed E-state index contributed by atoms with van der Waals surface area (Å²) in [7, 11) is 1.63. The molecule has 26 heavy (non-hydrogen) atoms. The van der Waals surface area contributed by atoms with Crippen LogP contribution in [0.5, 0.6) is 11.5 Å². The molecule has 7 nitrogen and oxygen atoms in total. The number of β-amino-alcohol motifs (C(OH)–C–C–N with tert-alkyl or cyclic N) is 2. The maximum atomic E-state index is 10.3. The van der Waals surface area contributed by atoms with Gasteiger partial charge in [-0.25, -0.2) is 0 Å². The van der Waals surface area contributed by atoms with Crippen molar-refractivity contribution in [2.45, 2.75) is 37.7 Å². The van der Waals surface area contributed by atoms with Gasteiger partial charge >= 0.3 is 0 Å². The minimum absolute atomic E-state index is 0.207. The lowest BCUT2D eigenvalue weighted by Crippen LogP contribution is -2.49. The number of benzene rings is 1. The molecule has 7 heteroatoms. The first-order valence-electron chi connectivity index (χ1n) is 9.32. The highest BCUT2D eigenvalue weighted by Crippen LogP contribution is 2.27. The van der Waals surface area contributed by atoms with Gasteiger partial charge in [-0.05, 0) is 31.0 Å². The minimum atomic E-state index is -0.578. The molecule has 2 aliphatic heterocycles. The molecule has 146 valence electrons. The molecular weight excluding hydrogens is 336 g/mol. The van der Waals surface area contributed by atoms with Gasteiger partial charge in [0, 0.05) is 44.8 Å². The largest absolute Gasteiger partial charge is 0.497 e. The van der Waals surface area contributed by atoms with E-state index in [2.05, 4.69) is 9.80 Å². The summed E-state index contributed by atoms with van der Waals surface area (Å²) in [6, 6.07) is 5.66. The average Bonchev–Trinajstić information content (AvgIpc) is 2.61. The average molecular weight is 366 g/mol. The highest BCUT2D eigenvalue weighted by molar-refractivity contribution is 5.40. The van der Waals surface area contributed by atoms with Crippen LogP contribution in [0.4, 0.5) is 0 Å². The molecule has 2 saturated heterocycles. The third-order valence-corrected chi connectivity index (χ3v) is 5.06. The van der Waals surface area contributed by atoms with Crippen LogP contribution in [-0.4, -0.2) is 89.9 Å². The van der Waals surface area contributed by atoms with Crippen LogP contribution in [0.3, 0.4) is 0 Å². The van der Waals surface area contributed by atoms with Crippen LogP contribution >= 0.6 is 0 Å². The zero-order chi connectivity index (χ0) is 18.5. The fourth-order valence-corrected chi connectivity index (χ4v) is 3.50.